The molecule has 0 unspecified atom stereocenters. The van der Waals surface area contributed by atoms with Gasteiger partial charge in [0.2, 0.25) is 10.0 Å². The third-order valence-electron chi connectivity index (χ3n) is 1.98. The van der Waals surface area contributed by atoms with Crippen molar-refractivity contribution in [3.8, 4) is 0 Å². The van der Waals surface area contributed by atoms with E-state index < -0.39 is 20.9 Å². The number of sulfonamides is 1. The number of carboxylic acid groups (broad SMARTS) is 1. The number of carbonyl (C=O) groups is 1. The molecular weight excluding hydrogens is 280 g/mol. The molecule has 0 aromatic heterocycles. The molecule has 1 aromatic rings. The fourth-order valence-corrected chi connectivity index (χ4v) is 2.59. The zero-order valence-corrected chi connectivity index (χ0v) is 10.8. The largest absolute Gasteiger partial charge is 0.478 e. The maximum Gasteiger partial charge on any atom is 0.337 e. The van der Waals surface area contributed by atoms with E-state index in [4.69, 9.17) is 22.4 Å². The highest BCUT2D eigenvalue weighted by atomic mass is 35.5. The summed E-state index contributed by atoms with van der Waals surface area (Å²) in [5.41, 5.74) is 5.23. The van der Waals surface area contributed by atoms with Gasteiger partial charge in [0.1, 0.15) is 0 Å². The van der Waals surface area contributed by atoms with E-state index in [9.17, 15) is 13.2 Å². The Morgan fingerprint density at radius 3 is 2.61 bits per heavy atom. The molecule has 0 bridgehead atoms. The molecule has 4 N–H and O–H groups in total. The SMILES string of the molecule is C=C(Cl)CNS(=O)(=O)c1cc(N)ccc1C(=O)O. The lowest BCUT2D eigenvalue weighted by molar-refractivity contribution is 0.0692. The predicted molar refractivity (Wildman–Crippen MR) is 68.0 cm³/mol. The minimum Gasteiger partial charge on any atom is -0.478 e. The summed E-state index contributed by atoms with van der Waals surface area (Å²) in [6, 6.07) is 3.51. The monoisotopic (exact) mass is 290 g/mol. The highest BCUT2D eigenvalue weighted by Gasteiger charge is 2.22. The van der Waals surface area contributed by atoms with Gasteiger partial charge in [-0.25, -0.2) is 17.9 Å². The molecule has 18 heavy (non-hydrogen) atoms. The molecule has 6 nitrogen and oxygen atoms in total. The number of aromatic carboxylic acids is 1. The van der Waals surface area contributed by atoms with E-state index in [2.05, 4.69) is 11.3 Å². The Balaban J connectivity index is 3.26. The van der Waals surface area contributed by atoms with Crippen molar-refractivity contribution in [1.29, 1.82) is 0 Å². The molecule has 0 heterocycles. The molecule has 8 heteroatoms. The van der Waals surface area contributed by atoms with Crippen LogP contribution in [0.4, 0.5) is 5.69 Å². The summed E-state index contributed by atoms with van der Waals surface area (Å²) in [5, 5.41) is 9.00. The molecule has 0 radical (unpaired) electrons. The molecule has 98 valence electrons. The van der Waals surface area contributed by atoms with Gasteiger partial charge in [-0.1, -0.05) is 18.2 Å². The van der Waals surface area contributed by atoms with Crippen LogP contribution in [0.15, 0.2) is 34.7 Å². The predicted octanol–water partition coefficient (Wildman–Crippen LogP) is 0.998. The van der Waals surface area contributed by atoms with Crippen LogP contribution in [0.25, 0.3) is 0 Å². The third-order valence-corrected chi connectivity index (χ3v) is 3.55. The van der Waals surface area contributed by atoms with Gasteiger partial charge in [0.05, 0.1) is 10.5 Å². The summed E-state index contributed by atoms with van der Waals surface area (Å²) in [4.78, 5) is 10.5. The first-order valence-corrected chi connectivity index (χ1v) is 6.56. The molecule has 0 aliphatic carbocycles. The average Bonchev–Trinajstić information content (AvgIpc) is 2.26. The van der Waals surface area contributed by atoms with Crippen molar-refractivity contribution in [1.82, 2.24) is 4.72 Å². The van der Waals surface area contributed by atoms with E-state index in [-0.39, 0.29) is 22.8 Å². The lowest BCUT2D eigenvalue weighted by atomic mass is 10.2. The van der Waals surface area contributed by atoms with Crippen molar-refractivity contribution >= 4 is 33.3 Å². The van der Waals surface area contributed by atoms with E-state index in [1.54, 1.807) is 0 Å². The van der Waals surface area contributed by atoms with Crippen LogP contribution in [0.2, 0.25) is 0 Å². The molecule has 0 saturated carbocycles. The van der Waals surface area contributed by atoms with Gasteiger partial charge in [-0.2, -0.15) is 0 Å². The van der Waals surface area contributed by atoms with Crippen molar-refractivity contribution in [2.45, 2.75) is 4.90 Å². The second-order valence-corrected chi connectivity index (χ2v) is 5.67. The van der Waals surface area contributed by atoms with Crippen LogP contribution in [0, 0.1) is 0 Å². The molecule has 0 aliphatic rings. The van der Waals surface area contributed by atoms with Crippen LogP contribution < -0.4 is 10.5 Å². The summed E-state index contributed by atoms with van der Waals surface area (Å²) >= 11 is 5.44. The molecule has 0 fully saturated rings. The number of hydrogen-bond acceptors (Lipinski definition) is 4. The van der Waals surface area contributed by atoms with Crippen LogP contribution in [-0.2, 0) is 10.0 Å². The molecule has 0 atom stereocenters. The van der Waals surface area contributed by atoms with Crippen molar-refractivity contribution in [2.75, 3.05) is 12.3 Å². The molecule has 0 aliphatic heterocycles. The van der Waals surface area contributed by atoms with Gasteiger partial charge in [0, 0.05) is 17.3 Å². The summed E-state index contributed by atoms with van der Waals surface area (Å²) in [7, 11) is -4.01. The number of hydrogen-bond donors (Lipinski definition) is 3. The number of nitrogens with two attached hydrogens (primary N) is 1. The smallest absolute Gasteiger partial charge is 0.337 e. The number of rotatable bonds is 5. The van der Waals surface area contributed by atoms with Gasteiger partial charge in [0.15, 0.2) is 0 Å². The van der Waals surface area contributed by atoms with Gasteiger partial charge >= 0.3 is 5.97 Å². The average molecular weight is 291 g/mol. The second-order valence-electron chi connectivity index (χ2n) is 3.40. The Morgan fingerprint density at radius 2 is 2.11 bits per heavy atom. The fraction of sp³-hybridized carbons (Fsp3) is 0.100. The number of halogens is 1. The van der Waals surface area contributed by atoms with Gasteiger partial charge in [-0.3, -0.25) is 0 Å². The number of carboxylic acids is 1. The minimum atomic E-state index is -4.01. The van der Waals surface area contributed by atoms with Gasteiger partial charge in [-0.05, 0) is 18.2 Å². The summed E-state index contributed by atoms with van der Waals surface area (Å²) in [5.74, 6) is -1.36. The number of nitrogen functional groups attached to an aromatic ring is 1. The summed E-state index contributed by atoms with van der Waals surface area (Å²) < 4.78 is 25.9. The zero-order chi connectivity index (χ0) is 13.9. The van der Waals surface area contributed by atoms with Crippen LogP contribution in [-0.4, -0.2) is 26.0 Å². The van der Waals surface area contributed by atoms with Crippen LogP contribution in [0.5, 0.6) is 0 Å². The topological polar surface area (TPSA) is 109 Å². The van der Waals surface area contributed by atoms with E-state index in [1.165, 1.54) is 6.07 Å². The minimum absolute atomic E-state index is 0.0827. The highest BCUT2D eigenvalue weighted by molar-refractivity contribution is 7.89. The van der Waals surface area contributed by atoms with Crippen molar-refractivity contribution in [2.24, 2.45) is 0 Å². The highest BCUT2D eigenvalue weighted by Crippen LogP contribution is 2.19. The van der Waals surface area contributed by atoms with Crippen molar-refractivity contribution in [3.63, 3.8) is 0 Å². The van der Waals surface area contributed by atoms with Crippen LogP contribution in [0.1, 0.15) is 10.4 Å². The number of anilines is 1. The number of benzene rings is 1. The molecule has 0 spiro atoms. The molecule has 0 amide bonds. The lowest BCUT2D eigenvalue weighted by Gasteiger charge is -2.09. The Morgan fingerprint density at radius 1 is 1.50 bits per heavy atom. The van der Waals surface area contributed by atoms with Gasteiger partial charge in [-0.15, -0.1) is 0 Å². The Labute approximate surface area is 109 Å². The van der Waals surface area contributed by atoms with Crippen molar-refractivity contribution in [3.05, 3.63) is 35.4 Å². The quantitative estimate of drug-likeness (QED) is 0.701. The van der Waals surface area contributed by atoms with Crippen LogP contribution in [0.3, 0.4) is 0 Å². The first kappa shape index (κ1) is 14.5. The molecule has 1 aromatic carbocycles. The summed E-state index contributed by atoms with van der Waals surface area (Å²) in [6.07, 6.45) is 0. The molecular formula is C10H11ClN2O4S. The van der Waals surface area contributed by atoms with E-state index >= 15 is 0 Å². The maximum absolute atomic E-state index is 11.9. The zero-order valence-electron chi connectivity index (χ0n) is 9.18. The fourth-order valence-electron chi connectivity index (χ4n) is 1.19. The first-order valence-electron chi connectivity index (χ1n) is 4.70. The van der Waals surface area contributed by atoms with Gasteiger partial charge in [0.25, 0.3) is 0 Å². The Hall–Kier alpha value is -1.57. The first-order chi connectivity index (χ1) is 8.24. The third kappa shape index (κ3) is 3.46. The Kier molecular flexibility index (Phi) is 4.33. The second kappa shape index (κ2) is 5.38. The Bertz CT molecular complexity index is 598. The van der Waals surface area contributed by atoms with E-state index in [1.807, 2.05) is 0 Å². The number of nitrogens with one attached hydrogen (secondary N) is 1. The van der Waals surface area contributed by atoms with E-state index in [0.717, 1.165) is 12.1 Å². The standard InChI is InChI=1S/C10H11ClN2O4S/c1-6(11)5-13-18(16,17)9-4-7(12)2-3-8(9)10(14)15/h2-4,13H,1,5,12H2,(H,14,15). The molecule has 1 rings (SSSR count). The summed E-state index contributed by atoms with van der Waals surface area (Å²) in [6.45, 7) is 3.13. The lowest BCUT2D eigenvalue weighted by Crippen LogP contribution is -2.26. The molecule has 0 saturated heterocycles. The van der Waals surface area contributed by atoms with Crippen molar-refractivity contribution < 1.29 is 18.3 Å². The van der Waals surface area contributed by atoms with Crippen LogP contribution >= 0.6 is 11.6 Å². The van der Waals surface area contributed by atoms with E-state index in [0.29, 0.717) is 0 Å². The van der Waals surface area contributed by atoms with Gasteiger partial charge < -0.3 is 10.8 Å². The maximum atomic E-state index is 11.9. The normalized spacial score (nSPS) is 11.2.